The van der Waals surface area contributed by atoms with E-state index in [1.807, 2.05) is 66.7 Å². The largest absolute Gasteiger partial charge is 0.370 e. The van der Waals surface area contributed by atoms with Gasteiger partial charge >= 0.3 is 0 Å². The Bertz CT molecular complexity index is 789. The molecule has 0 aliphatic carbocycles. The molecule has 0 amide bonds. The van der Waals surface area contributed by atoms with Crippen LogP contribution in [-0.2, 0) is 6.54 Å². The number of rotatable bonds is 4. The summed E-state index contributed by atoms with van der Waals surface area (Å²) in [6.07, 6.45) is 1.79. The maximum atomic E-state index is 5.93. The van der Waals surface area contributed by atoms with Gasteiger partial charge in [-0.05, 0) is 35.9 Å². The number of hydrogen-bond donors (Lipinski definition) is 2. The zero-order chi connectivity index (χ0) is 15.9. The molecule has 0 saturated carbocycles. The molecule has 0 aliphatic rings. The highest BCUT2D eigenvalue weighted by Crippen LogP contribution is 2.18. The van der Waals surface area contributed by atoms with Crippen molar-refractivity contribution in [1.29, 1.82) is 0 Å². The third-order valence-electron chi connectivity index (χ3n) is 3.37. The maximum absolute atomic E-state index is 5.93. The smallest absolute Gasteiger partial charge is 0.193 e. The van der Waals surface area contributed by atoms with Crippen molar-refractivity contribution in [2.24, 2.45) is 10.7 Å². The molecule has 0 spiro atoms. The molecule has 1 aromatic heterocycles. The minimum atomic E-state index is 0. The standard InChI is InChI=1S/C19H18N4.HI/c20-19(23-17-9-2-1-3-10-17)22-14-15-7-6-8-16(13-15)18-11-4-5-12-21-18;/h1-13H,14H2,(H3,20,22,23);1H. The Morgan fingerprint density at radius 2 is 1.75 bits per heavy atom. The van der Waals surface area contributed by atoms with E-state index in [0.717, 1.165) is 22.5 Å². The van der Waals surface area contributed by atoms with Gasteiger partial charge in [0.2, 0.25) is 0 Å². The zero-order valence-electron chi connectivity index (χ0n) is 13.1. The van der Waals surface area contributed by atoms with Crippen LogP contribution < -0.4 is 11.1 Å². The van der Waals surface area contributed by atoms with Gasteiger partial charge in [0.05, 0.1) is 12.2 Å². The van der Waals surface area contributed by atoms with Gasteiger partial charge in [-0.3, -0.25) is 4.98 Å². The molecule has 0 unspecified atom stereocenters. The molecule has 3 rings (SSSR count). The van der Waals surface area contributed by atoms with Crippen molar-refractivity contribution >= 4 is 35.6 Å². The summed E-state index contributed by atoms with van der Waals surface area (Å²) < 4.78 is 0. The van der Waals surface area contributed by atoms with Gasteiger partial charge in [-0.1, -0.05) is 42.5 Å². The second-order valence-electron chi connectivity index (χ2n) is 5.11. The number of anilines is 1. The first kappa shape index (κ1) is 17.9. The van der Waals surface area contributed by atoms with Crippen LogP contribution in [0.4, 0.5) is 5.69 Å². The van der Waals surface area contributed by atoms with Crippen LogP contribution in [0.3, 0.4) is 0 Å². The zero-order valence-corrected chi connectivity index (χ0v) is 15.4. The minimum Gasteiger partial charge on any atom is -0.370 e. The highest BCUT2D eigenvalue weighted by molar-refractivity contribution is 14.0. The second-order valence-corrected chi connectivity index (χ2v) is 5.11. The van der Waals surface area contributed by atoms with Crippen molar-refractivity contribution in [1.82, 2.24) is 4.98 Å². The minimum absolute atomic E-state index is 0. The summed E-state index contributed by atoms with van der Waals surface area (Å²) in [5.74, 6) is 0.402. The number of pyridine rings is 1. The molecule has 0 aliphatic heterocycles. The predicted octanol–water partition coefficient (Wildman–Crippen LogP) is 4.29. The number of nitrogens with zero attached hydrogens (tertiary/aromatic N) is 2. The monoisotopic (exact) mass is 430 g/mol. The van der Waals surface area contributed by atoms with Crippen molar-refractivity contribution < 1.29 is 0 Å². The SMILES string of the molecule is I.NC(=NCc1cccc(-c2ccccn2)c1)Nc1ccccc1. The Morgan fingerprint density at radius 3 is 2.50 bits per heavy atom. The van der Waals surface area contributed by atoms with Gasteiger partial charge in [0.15, 0.2) is 5.96 Å². The van der Waals surface area contributed by atoms with Gasteiger partial charge in [-0.25, -0.2) is 4.99 Å². The van der Waals surface area contributed by atoms with Crippen molar-refractivity contribution in [3.05, 3.63) is 84.6 Å². The first-order chi connectivity index (χ1) is 11.3. The van der Waals surface area contributed by atoms with Crippen LogP contribution in [0.2, 0.25) is 0 Å². The molecule has 1 heterocycles. The molecule has 0 bridgehead atoms. The Labute approximate surface area is 158 Å². The van der Waals surface area contributed by atoms with Gasteiger partial charge in [-0.15, -0.1) is 24.0 Å². The van der Waals surface area contributed by atoms with Crippen LogP contribution in [0.5, 0.6) is 0 Å². The fourth-order valence-corrected chi connectivity index (χ4v) is 2.25. The molecule has 122 valence electrons. The van der Waals surface area contributed by atoms with E-state index in [-0.39, 0.29) is 24.0 Å². The first-order valence-corrected chi connectivity index (χ1v) is 7.43. The lowest BCUT2D eigenvalue weighted by molar-refractivity contribution is 1.06. The van der Waals surface area contributed by atoms with Crippen molar-refractivity contribution in [2.75, 3.05) is 5.32 Å². The first-order valence-electron chi connectivity index (χ1n) is 7.43. The van der Waals surface area contributed by atoms with Gasteiger partial charge in [-0.2, -0.15) is 0 Å². The predicted molar refractivity (Wildman–Crippen MR) is 110 cm³/mol. The summed E-state index contributed by atoms with van der Waals surface area (Å²) in [6, 6.07) is 23.8. The van der Waals surface area contributed by atoms with Gasteiger partial charge < -0.3 is 11.1 Å². The number of nitrogens with two attached hydrogens (primary N) is 1. The van der Waals surface area contributed by atoms with Crippen molar-refractivity contribution in [3.8, 4) is 11.3 Å². The van der Waals surface area contributed by atoms with E-state index in [4.69, 9.17) is 5.73 Å². The van der Waals surface area contributed by atoms with E-state index < -0.39 is 0 Å². The molecule has 0 fully saturated rings. The molecule has 0 saturated heterocycles. The second kappa shape index (κ2) is 9.02. The molecule has 2 aromatic carbocycles. The summed E-state index contributed by atoms with van der Waals surface area (Å²) in [6.45, 7) is 0.520. The quantitative estimate of drug-likeness (QED) is 0.369. The fraction of sp³-hybridized carbons (Fsp3) is 0.0526. The average molecular weight is 430 g/mol. The summed E-state index contributed by atoms with van der Waals surface area (Å²) in [7, 11) is 0. The molecule has 0 atom stereocenters. The van der Waals surface area contributed by atoms with E-state index in [1.165, 1.54) is 0 Å². The van der Waals surface area contributed by atoms with E-state index >= 15 is 0 Å². The number of aliphatic imine (C=N–C) groups is 1. The Balaban J connectivity index is 0.00000208. The van der Waals surface area contributed by atoms with Crippen LogP contribution >= 0.6 is 24.0 Å². The average Bonchev–Trinajstić information content (AvgIpc) is 2.62. The van der Waals surface area contributed by atoms with E-state index in [1.54, 1.807) is 6.20 Å². The lowest BCUT2D eigenvalue weighted by Gasteiger charge is -2.06. The summed E-state index contributed by atoms with van der Waals surface area (Å²) >= 11 is 0. The molecule has 3 N–H and O–H groups in total. The lowest BCUT2D eigenvalue weighted by atomic mass is 10.1. The normalized spacial score (nSPS) is 10.8. The number of halogens is 1. The number of para-hydroxylation sites is 1. The molecule has 3 aromatic rings. The summed E-state index contributed by atoms with van der Waals surface area (Å²) in [4.78, 5) is 8.76. The third-order valence-corrected chi connectivity index (χ3v) is 3.37. The molecular formula is C19H19IN4. The number of aromatic nitrogens is 1. The van der Waals surface area contributed by atoms with E-state index in [9.17, 15) is 0 Å². The van der Waals surface area contributed by atoms with Crippen LogP contribution in [0, 0.1) is 0 Å². The molecule has 4 nitrogen and oxygen atoms in total. The number of nitrogens with one attached hydrogen (secondary N) is 1. The summed E-state index contributed by atoms with van der Waals surface area (Å²) in [5.41, 5.74) is 9.97. The van der Waals surface area contributed by atoms with E-state index in [0.29, 0.717) is 12.5 Å². The fourth-order valence-electron chi connectivity index (χ4n) is 2.25. The Hall–Kier alpha value is -2.41. The van der Waals surface area contributed by atoms with Gasteiger partial charge in [0.1, 0.15) is 0 Å². The van der Waals surface area contributed by atoms with Crippen LogP contribution in [0.1, 0.15) is 5.56 Å². The Morgan fingerprint density at radius 1 is 0.958 bits per heavy atom. The number of guanidine groups is 1. The van der Waals surface area contributed by atoms with E-state index in [2.05, 4.69) is 21.4 Å². The maximum Gasteiger partial charge on any atom is 0.193 e. The van der Waals surface area contributed by atoms with Gasteiger partial charge in [0, 0.05) is 17.4 Å². The highest BCUT2D eigenvalue weighted by atomic mass is 127. The van der Waals surface area contributed by atoms with Gasteiger partial charge in [0.25, 0.3) is 0 Å². The van der Waals surface area contributed by atoms with Crippen LogP contribution in [0.15, 0.2) is 84.0 Å². The van der Waals surface area contributed by atoms with Crippen LogP contribution in [-0.4, -0.2) is 10.9 Å². The lowest BCUT2D eigenvalue weighted by Crippen LogP contribution is -2.22. The van der Waals surface area contributed by atoms with Crippen LogP contribution in [0.25, 0.3) is 11.3 Å². The number of hydrogen-bond acceptors (Lipinski definition) is 2. The molecule has 24 heavy (non-hydrogen) atoms. The van der Waals surface area contributed by atoms with Crippen molar-refractivity contribution in [2.45, 2.75) is 6.54 Å². The third kappa shape index (κ3) is 5.06. The number of benzene rings is 2. The molecule has 5 heteroatoms. The highest BCUT2D eigenvalue weighted by Gasteiger charge is 2.00. The Kier molecular flexibility index (Phi) is 6.74. The topological polar surface area (TPSA) is 63.3 Å². The molecular weight excluding hydrogens is 411 g/mol. The molecule has 0 radical (unpaired) electrons. The summed E-state index contributed by atoms with van der Waals surface area (Å²) in [5, 5.41) is 3.07. The van der Waals surface area contributed by atoms with Crippen molar-refractivity contribution in [3.63, 3.8) is 0 Å².